The molecule has 2 saturated heterocycles. The summed E-state index contributed by atoms with van der Waals surface area (Å²) in [5, 5.41) is 3.30. The number of hydrogen-bond donors (Lipinski definition) is 1. The molecule has 2 aromatic heterocycles. The zero-order valence-corrected chi connectivity index (χ0v) is 13.8. The number of rotatable bonds is 5. The smallest absolute Gasteiger partial charge is 0.222 e. The highest BCUT2D eigenvalue weighted by Gasteiger charge is 2.46. The van der Waals surface area contributed by atoms with Crippen molar-refractivity contribution in [1.82, 2.24) is 19.9 Å². The molecule has 2 aliphatic heterocycles. The predicted molar refractivity (Wildman–Crippen MR) is 91.4 cm³/mol. The number of ether oxygens (including phenoxy) is 1. The van der Waals surface area contributed by atoms with Gasteiger partial charge in [-0.25, -0.2) is 9.97 Å². The van der Waals surface area contributed by atoms with Crippen LogP contribution in [0.1, 0.15) is 18.4 Å². The molecule has 1 N–H and O–H groups in total. The second-order valence-corrected chi connectivity index (χ2v) is 6.86. The quantitative estimate of drug-likeness (QED) is 0.907. The van der Waals surface area contributed by atoms with Crippen LogP contribution in [0.15, 0.2) is 43.0 Å². The summed E-state index contributed by atoms with van der Waals surface area (Å²) in [4.78, 5) is 15.0. The van der Waals surface area contributed by atoms with Crippen molar-refractivity contribution in [2.75, 3.05) is 31.6 Å². The molecule has 0 bridgehead atoms. The van der Waals surface area contributed by atoms with Gasteiger partial charge in [0.15, 0.2) is 0 Å². The largest absolute Gasteiger partial charge is 0.372 e. The van der Waals surface area contributed by atoms with Gasteiger partial charge in [-0.3, -0.25) is 9.88 Å². The number of anilines is 1. The molecule has 2 aliphatic rings. The van der Waals surface area contributed by atoms with Crippen molar-refractivity contribution >= 4 is 5.95 Å². The Hall–Kier alpha value is -2.05. The van der Waals surface area contributed by atoms with E-state index in [1.54, 1.807) is 12.4 Å². The first kappa shape index (κ1) is 15.5. The maximum Gasteiger partial charge on any atom is 0.222 e. The average Bonchev–Trinajstić information content (AvgIpc) is 2.62. The fourth-order valence-electron chi connectivity index (χ4n) is 3.58. The Morgan fingerprint density at radius 3 is 2.79 bits per heavy atom. The summed E-state index contributed by atoms with van der Waals surface area (Å²) in [6.45, 7) is 4.73. The Kier molecular flexibility index (Phi) is 4.40. The first-order valence-corrected chi connectivity index (χ1v) is 8.57. The molecule has 2 aromatic rings. The van der Waals surface area contributed by atoms with E-state index in [1.165, 1.54) is 12.0 Å². The first-order valence-electron chi connectivity index (χ1n) is 8.57. The zero-order chi connectivity index (χ0) is 16.2. The van der Waals surface area contributed by atoms with Crippen LogP contribution in [0.5, 0.6) is 0 Å². The summed E-state index contributed by atoms with van der Waals surface area (Å²) >= 11 is 0. The topological polar surface area (TPSA) is 63.2 Å². The van der Waals surface area contributed by atoms with Gasteiger partial charge in [0, 0.05) is 51.0 Å². The Morgan fingerprint density at radius 2 is 2.08 bits per heavy atom. The van der Waals surface area contributed by atoms with Crippen LogP contribution in [-0.2, 0) is 11.3 Å². The molecule has 6 heteroatoms. The lowest BCUT2D eigenvalue weighted by atomic mass is 9.82. The third kappa shape index (κ3) is 3.55. The van der Waals surface area contributed by atoms with E-state index in [2.05, 4.69) is 31.2 Å². The van der Waals surface area contributed by atoms with Gasteiger partial charge in [0.2, 0.25) is 5.95 Å². The molecular weight excluding hydrogens is 302 g/mol. The van der Waals surface area contributed by atoms with E-state index in [0.29, 0.717) is 11.9 Å². The summed E-state index contributed by atoms with van der Waals surface area (Å²) < 4.78 is 6.23. The average molecular weight is 325 g/mol. The molecule has 6 nitrogen and oxygen atoms in total. The third-order valence-corrected chi connectivity index (χ3v) is 4.90. The summed E-state index contributed by atoms with van der Waals surface area (Å²) in [6, 6.07) is 5.95. The monoisotopic (exact) mass is 325 g/mol. The fraction of sp³-hybridized carbons (Fsp3) is 0.500. The SMILES string of the molecule is c1cnc(NC[C@@H]2CCC3(CN(Cc4cccnc4)C3)OC2)nc1. The van der Waals surface area contributed by atoms with Crippen LogP contribution in [0, 0.1) is 5.92 Å². The van der Waals surface area contributed by atoms with Gasteiger partial charge in [0.25, 0.3) is 0 Å². The second kappa shape index (κ2) is 6.83. The van der Waals surface area contributed by atoms with E-state index >= 15 is 0 Å². The molecule has 0 saturated carbocycles. The highest BCUT2D eigenvalue weighted by atomic mass is 16.5. The Morgan fingerprint density at radius 1 is 1.21 bits per heavy atom. The van der Waals surface area contributed by atoms with Gasteiger partial charge in [-0.1, -0.05) is 6.07 Å². The minimum atomic E-state index is 0.0853. The van der Waals surface area contributed by atoms with E-state index in [0.717, 1.165) is 39.2 Å². The predicted octanol–water partition coefficient (Wildman–Crippen LogP) is 1.96. The molecule has 0 unspecified atom stereocenters. The van der Waals surface area contributed by atoms with Crippen molar-refractivity contribution < 1.29 is 4.74 Å². The summed E-state index contributed by atoms with van der Waals surface area (Å²) in [7, 11) is 0. The van der Waals surface area contributed by atoms with Gasteiger partial charge in [-0.2, -0.15) is 0 Å². The number of nitrogens with zero attached hydrogens (tertiary/aromatic N) is 4. The van der Waals surface area contributed by atoms with Crippen molar-refractivity contribution in [2.24, 2.45) is 5.92 Å². The normalized spacial score (nSPS) is 22.9. The molecule has 4 heterocycles. The van der Waals surface area contributed by atoms with Gasteiger partial charge in [-0.15, -0.1) is 0 Å². The summed E-state index contributed by atoms with van der Waals surface area (Å²) in [5.41, 5.74) is 1.36. The molecule has 0 radical (unpaired) electrons. The lowest BCUT2D eigenvalue weighted by molar-refractivity contribution is -0.180. The van der Waals surface area contributed by atoms with Crippen LogP contribution in [0.3, 0.4) is 0 Å². The maximum absolute atomic E-state index is 6.23. The summed E-state index contributed by atoms with van der Waals surface area (Å²) in [5.74, 6) is 1.23. The Balaban J connectivity index is 1.20. The van der Waals surface area contributed by atoms with Crippen LogP contribution in [0.2, 0.25) is 0 Å². The van der Waals surface area contributed by atoms with Gasteiger partial charge in [-0.05, 0) is 36.5 Å². The summed E-state index contributed by atoms with van der Waals surface area (Å²) in [6.07, 6.45) is 9.61. The van der Waals surface area contributed by atoms with Crippen LogP contribution in [-0.4, -0.2) is 51.7 Å². The maximum atomic E-state index is 6.23. The van der Waals surface area contributed by atoms with Gasteiger partial charge in [0.1, 0.15) is 0 Å². The minimum Gasteiger partial charge on any atom is -0.372 e. The molecule has 1 atom stereocenters. The van der Waals surface area contributed by atoms with Crippen molar-refractivity contribution in [3.05, 3.63) is 48.5 Å². The van der Waals surface area contributed by atoms with Crippen molar-refractivity contribution in [3.63, 3.8) is 0 Å². The lowest BCUT2D eigenvalue weighted by Crippen LogP contribution is -2.64. The molecule has 0 amide bonds. The lowest BCUT2D eigenvalue weighted by Gasteiger charge is -2.53. The van der Waals surface area contributed by atoms with Crippen LogP contribution >= 0.6 is 0 Å². The molecular formula is C18H23N5O. The van der Waals surface area contributed by atoms with E-state index < -0.39 is 0 Å². The van der Waals surface area contributed by atoms with E-state index in [-0.39, 0.29) is 5.60 Å². The number of pyridine rings is 1. The molecule has 126 valence electrons. The second-order valence-electron chi connectivity index (χ2n) is 6.86. The van der Waals surface area contributed by atoms with Crippen LogP contribution < -0.4 is 5.32 Å². The Bertz CT molecular complexity index is 635. The molecule has 0 aromatic carbocycles. The number of likely N-dealkylation sites (tertiary alicyclic amines) is 1. The molecule has 24 heavy (non-hydrogen) atoms. The molecule has 1 spiro atoms. The number of hydrogen-bond acceptors (Lipinski definition) is 6. The Labute approximate surface area is 142 Å². The fourth-order valence-corrected chi connectivity index (χ4v) is 3.58. The highest BCUT2D eigenvalue weighted by molar-refractivity contribution is 5.22. The first-order chi connectivity index (χ1) is 11.8. The van der Waals surface area contributed by atoms with Crippen LogP contribution in [0.4, 0.5) is 5.95 Å². The van der Waals surface area contributed by atoms with Gasteiger partial charge < -0.3 is 10.1 Å². The standard InChI is InChI=1S/C18H23N5O/c1-3-15(9-19-6-1)11-23-13-18(14-23)5-4-16(12-24-18)10-22-17-20-7-2-8-21-17/h1-3,6-9,16H,4-5,10-14H2,(H,20,21,22)/t16-/m0/s1. The minimum absolute atomic E-state index is 0.0853. The van der Waals surface area contributed by atoms with Gasteiger partial charge >= 0.3 is 0 Å². The molecule has 0 aliphatic carbocycles. The van der Waals surface area contributed by atoms with Crippen molar-refractivity contribution in [1.29, 1.82) is 0 Å². The van der Waals surface area contributed by atoms with Gasteiger partial charge in [0.05, 0.1) is 12.2 Å². The van der Waals surface area contributed by atoms with Crippen molar-refractivity contribution in [2.45, 2.75) is 25.0 Å². The van der Waals surface area contributed by atoms with Crippen molar-refractivity contribution in [3.8, 4) is 0 Å². The van der Waals surface area contributed by atoms with E-state index in [1.807, 2.05) is 24.5 Å². The number of nitrogens with one attached hydrogen (secondary N) is 1. The molecule has 4 rings (SSSR count). The molecule has 2 fully saturated rings. The highest BCUT2D eigenvalue weighted by Crippen LogP contribution is 2.36. The zero-order valence-electron chi connectivity index (χ0n) is 13.8. The van der Waals surface area contributed by atoms with E-state index in [4.69, 9.17) is 4.74 Å². The third-order valence-electron chi connectivity index (χ3n) is 4.90. The van der Waals surface area contributed by atoms with Crippen LogP contribution in [0.25, 0.3) is 0 Å². The number of aromatic nitrogens is 3. The van der Waals surface area contributed by atoms with E-state index in [9.17, 15) is 0 Å².